The Morgan fingerprint density at radius 1 is 1.09 bits per heavy atom. The molecule has 0 spiro atoms. The number of carboxylic acids is 1. The Bertz CT molecular complexity index is 1220. The summed E-state index contributed by atoms with van der Waals surface area (Å²) in [7, 11) is 0. The molecule has 2 heterocycles. The van der Waals surface area contributed by atoms with Crippen LogP contribution in [-0.2, 0) is 0 Å². The topological polar surface area (TPSA) is 125 Å². The number of nitrogens with zero attached hydrogens (tertiary/aromatic N) is 2. The molecule has 1 amide bonds. The Balaban J connectivity index is 1.23. The number of ether oxygens (including phenoxy) is 1. The second-order valence-electron chi connectivity index (χ2n) is 8.43. The first-order chi connectivity index (χ1) is 17.0. The van der Waals surface area contributed by atoms with Gasteiger partial charge < -0.3 is 25.0 Å². The maximum atomic E-state index is 12.3. The van der Waals surface area contributed by atoms with Crippen LogP contribution in [0.5, 0.6) is 5.75 Å². The highest BCUT2D eigenvalue weighted by Crippen LogP contribution is 2.26. The van der Waals surface area contributed by atoms with Crippen molar-refractivity contribution in [2.45, 2.75) is 25.3 Å². The first-order valence-electron chi connectivity index (χ1n) is 11.6. The number of aromatic amines is 1. The predicted molar refractivity (Wildman–Crippen MR) is 131 cm³/mol. The molecule has 1 saturated heterocycles. The fraction of sp³-hybridized carbons (Fsp3) is 0.308. The molecule has 182 valence electrons. The van der Waals surface area contributed by atoms with Crippen molar-refractivity contribution in [3.05, 3.63) is 82.3 Å². The van der Waals surface area contributed by atoms with E-state index in [1.54, 1.807) is 18.2 Å². The number of aromatic carboxylic acids is 1. The van der Waals surface area contributed by atoms with Crippen molar-refractivity contribution in [1.82, 2.24) is 20.2 Å². The van der Waals surface area contributed by atoms with Gasteiger partial charge in [-0.2, -0.15) is 0 Å². The summed E-state index contributed by atoms with van der Waals surface area (Å²) in [4.78, 5) is 44.4. The Hall–Kier alpha value is -3.98. The lowest BCUT2D eigenvalue weighted by Crippen LogP contribution is -2.45. The summed E-state index contributed by atoms with van der Waals surface area (Å²) in [6.07, 6.45) is 3.69. The molecule has 0 radical (unpaired) electrons. The average Bonchev–Trinajstić information content (AvgIpc) is 2.88. The number of carboxylic acid groups (broad SMARTS) is 1. The minimum absolute atomic E-state index is 0.0236. The number of nitrogens with one attached hydrogen (secondary N) is 2. The van der Waals surface area contributed by atoms with Crippen LogP contribution < -0.4 is 15.6 Å². The van der Waals surface area contributed by atoms with E-state index in [2.05, 4.69) is 20.2 Å². The number of hydrogen-bond acceptors (Lipinski definition) is 6. The number of amides is 1. The zero-order valence-electron chi connectivity index (χ0n) is 19.3. The van der Waals surface area contributed by atoms with Crippen LogP contribution >= 0.6 is 0 Å². The molecule has 1 aliphatic rings. The summed E-state index contributed by atoms with van der Waals surface area (Å²) >= 11 is 0. The van der Waals surface area contributed by atoms with Crippen molar-refractivity contribution in [2.24, 2.45) is 0 Å². The number of carbonyl (C=O) groups excluding carboxylic acids is 1. The molecule has 3 N–H and O–H groups in total. The van der Waals surface area contributed by atoms with E-state index in [9.17, 15) is 14.4 Å². The third-order valence-corrected chi connectivity index (χ3v) is 6.01. The van der Waals surface area contributed by atoms with Gasteiger partial charge in [-0.05, 0) is 43.5 Å². The molecule has 3 aromatic rings. The van der Waals surface area contributed by atoms with Crippen molar-refractivity contribution < 1.29 is 19.4 Å². The highest BCUT2D eigenvalue weighted by atomic mass is 16.5. The van der Waals surface area contributed by atoms with Crippen LogP contribution in [0.25, 0.3) is 11.4 Å². The number of carbonyl (C=O) groups is 2. The molecule has 9 nitrogen and oxygen atoms in total. The number of rotatable bonds is 9. The Morgan fingerprint density at radius 2 is 1.80 bits per heavy atom. The van der Waals surface area contributed by atoms with E-state index in [4.69, 9.17) is 9.84 Å². The fourth-order valence-corrected chi connectivity index (χ4v) is 4.10. The van der Waals surface area contributed by atoms with Crippen LogP contribution in [0, 0.1) is 0 Å². The van der Waals surface area contributed by atoms with Crippen molar-refractivity contribution in [2.75, 3.05) is 26.2 Å². The molecule has 0 atom stereocenters. The predicted octanol–water partition coefficient (Wildman–Crippen LogP) is 2.80. The van der Waals surface area contributed by atoms with E-state index < -0.39 is 17.1 Å². The molecule has 1 aliphatic heterocycles. The zero-order valence-corrected chi connectivity index (χ0v) is 19.3. The van der Waals surface area contributed by atoms with Gasteiger partial charge >= 0.3 is 5.97 Å². The van der Waals surface area contributed by atoms with Crippen LogP contribution in [0.4, 0.5) is 0 Å². The summed E-state index contributed by atoms with van der Waals surface area (Å²) in [6.45, 7) is 3.19. The van der Waals surface area contributed by atoms with E-state index in [0.29, 0.717) is 23.5 Å². The Kier molecular flexibility index (Phi) is 7.89. The lowest BCUT2D eigenvalue weighted by Gasteiger charge is -2.32. The summed E-state index contributed by atoms with van der Waals surface area (Å²) in [5.74, 6) is -0.515. The van der Waals surface area contributed by atoms with E-state index in [0.717, 1.165) is 45.1 Å². The molecule has 2 aromatic carbocycles. The Morgan fingerprint density at radius 3 is 2.51 bits per heavy atom. The first-order valence-corrected chi connectivity index (χ1v) is 11.6. The fourth-order valence-electron chi connectivity index (χ4n) is 4.10. The van der Waals surface area contributed by atoms with E-state index in [1.165, 1.54) is 0 Å². The number of benzene rings is 2. The lowest BCUT2D eigenvalue weighted by atomic mass is 10.0. The molecule has 0 bridgehead atoms. The minimum Gasteiger partial charge on any atom is -0.493 e. The van der Waals surface area contributed by atoms with Crippen LogP contribution in [0.1, 0.15) is 40.0 Å². The quantitative estimate of drug-likeness (QED) is 0.406. The lowest BCUT2D eigenvalue weighted by molar-refractivity contribution is 0.0694. The Labute approximate surface area is 202 Å². The highest BCUT2D eigenvalue weighted by Gasteiger charge is 2.21. The van der Waals surface area contributed by atoms with Gasteiger partial charge in [-0.25, -0.2) is 9.78 Å². The van der Waals surface area contributed by atoms with E-state index in [-0.39, 0.29) is 17.8 Å². The number of likely N-dealkylation sites (tertiary alicyclic amines) is 1. The summed E-state index contributed by atoms with van der Waals surface area (Å²) in [6, 6.07) is 16.6. The highest BCUT2D eigenvalue weighted by molar-refractivity contribution is 5.94. The van der Waals surface area contributed by atoms with Crippen LogP contribution in [-0.4, -0.2) is 64.1 Å². The first kappa shape index (κ1) is 24.2. The molecule has 0 unspecified atom stereocenters. The van der Waals surface area contributed by atoms with Gasteiger partial charge in [0.2, 0.25) is 0 Å². The van der Waals surface area contributed by atoms with E-state index in [1.807, 2.05) is 36.4 Å². The second kappa shape index (κ2) is 11.4. The molecule has 0 saturated carbocycles. The maximum absolute atomic E-state index is 12.3. The third-order valence-electron chi connectivity index (χ3n) is 6.01. The van der Waals surface area contributed by atoms with Crippen molar-refractivity contribution >= 4 is 11.9 Å². The molecule has 4 rings (SSSR count). The SMILES string of the molecule is O=C(NC1CCN(CCCOc2ccccc2-c2ncc(C(=O)O)c(=O)[nH]2)CC1)c1ccccc1. The van der Waals surface area contributed by atoms with Crippen molar-refractivity contribution in [3.63, 3.8) is 0 Å². The number of H-pyrrole nitrogens is 1. The number of para-hydroxylation sites is 1. The molecular weight excluding hydrogens is 448 g/mol. The van der Waals surface area contributed by atoms with Gasteiger partial charge in [0, 0.05) is 37.4 Å². The maximum Gasteiger partial charge on any atom is 0.342 e. The van der Waals surface area contributed by atoms with Gasteiger partial charge in [-0.15, -0.1) is 0 Å². The minimum atomic E-state index is -1.32. The standard InChI is InChI=1S/C26H28N4O5/c31-24(18-7-2-1-3-8-18)28-19-11-14-30(15-12-19)13-6-16-35-22-10-5-4-9-20(22)23-27-17-21(26(33)34)25(32)29-23/h1-5,7-10,17,19H,6,11-16H2,(H,28,31)(H,33,34)(H,27,29,32). The molecule has 0 aliphatic carbocycles. The third kappa shape index (κ3) is 6.33. The summed E-state index contributed by atoms with van der Waals surface area (Å²) in [5, 5.41) is 12.2. The van der Waals surface area contributed by atoms with Crippen LogP contribution in [0.3, 0.4) is 0 Å². The molecule has 9 heteroatoms. The largest absolute Gasteiger partial charge is 0.493 e. The van der Waals surface area contributed by atoms with Gasteiger partial charge in [0.15, 0.2) is 0 Å². The number of hydrogen-bond donors (Lipinski definition) is 3. The van der Waals surface area contributed by atoms with Crippen molar-refractivity contribution in [1.29, 1.82) is 0 Å². The summed E-state index contributed by atoms with van der Waals surface area (Å²) < 4.78 is 5.96. The second-order valence-corrected chi connectivity index (χ2v) is 8.43. The van der Waals surface area contributed by atoms with Crippen LogP contribution in [0.15, 0.2) is 65.6 Å². The molecule has 1 fully saturated rings. The van der Waals surface area contributed by atoms with Gasteiger partial charge in [0.25, 0.3) is 11.5 Å². The zero-order chi connectivity index (χ0) is 24.6. The monoisotopic (exact) mass is 476 g/mol. The van der Waals surface area contributed by atoms with Gasteiger partial charge in [-0.1, -0.05) is 30.3 Å². The normalized spacial score (nSPS) is 14.4. The van der Waals surface area contributed by atoms with Crippen LogP contribution in [0.2, 0.25) is 0 Å². The molecular formula is C26H28N4O5. The number of aromatic nitrogens is 2. The van der Waals surface area contributed by atoms with Gasteiger partial charge in [0.05, 0.1) is 12.2 Å². The number of piperidine rings is 1. The van der Waals surface area contributed by atoms with E-state index >= 15 is 0 Å². The smallest absolute Gasteiger partial charge is 0.342 e. The van der Waals surface area contributed by atoms with Gasteiger partial charge in [-0.3, -0.25) is 9.59 Å². The average molecular weight is 477 g/mol. The van der Waals surface area contributed by atoms with Crippen molar-refractivity contribution in [3.8, 4) is 17.1 Å². The summed E-state index contributed by atoms with van der Waals surface area (Å²) in [5.41, 5.74) is 0.164. The molecule has 35 heavy (non-hydrogen) atoms. The molecule has 1 aromatic heterocycles. The van der Waals surface area contributed by atoms with Gasteiger partial charge in [0.1, 0.15) is 17.1 Å².